The van der Waals surface area contributed by atoms with E-state index in [9.17, 15) is 14.4 Å². The molecule has 0 aliphatic rings. The number of carbonyl (C=O) groups is 3. The smallest absolute Gasteiger partial charge is 0.348 e. The third-order valence-corrected chi connectivity index (χ3v) is 6.57. The molecule has 178 valence electrons. The van der Waals surface area contributed by atoms with Crippen LogP contribution in [0.1, 0.15) is 45.2 Å². The van der Waals surface area contributed by atoms with E-state index in [4.69, 9.17) is 37.1 Å². The number of nitrogens with one attached hydrogen (secondary N) is 1. The van der Waals surface area contributed by atoms with E-state index in [0.717, 1.165) is 11.3 Å². The minimum Gasteiger partial charge on any atom is -0.462 e. The molecule has 3 rings (SSSR count). The first-order chi connectivity index (χ1) is 16.3. The molecular formula is C24H21Cl2NO6S. The highest BCUT2D eigenvalue weighted by Crippen LogP contribution is 2.35. The molecule has 7 nitrogen and oxygen atoms in total. The van der Waals surface area contributed by atoms with Crippen molar-refractivity contribution in [2.24, 2.45) is 0 Å². The predicted octanol–water partition coefficient (Wildman–Crippen LogP) is 6.63. The van der Waals surface area contributed by atoms with Crippen molar-refractivity contribution in [2.45, 2.75) is 20.8 Å². The maximum absolute atomic E-state index is 12.6. The van der Waals surface area contributed by atoms with Gasteiger partial charge in [0.1, 0.15) is 21.4 Å². The summed E-state index contributed by atoms with van der Waals surface area (Å²) in [5.41, 5.74) is 1.13. The molecule has 0 unspecified atom stereocenters. The van der Waals surface area contributed by atoms with Gasteiger partial charge in [0.05, 0.1) is 28.8 Å². The van der Waals surface area contributed by atoms with Crippen LogP contribution < -0.4 is 5.32 Å². The van der Waals surface area contributed by atoms with Crippen molar-refractivity contribution in [1.82, 2.24) is 0 Å². The molecule has 1 N–H and O–H groups in total. The van der Waals surface area contributed by atoms with E-state index in [-0.39, 0.29) is 28.7 Å². The molecule has 3 aromatic rings. The van der Waals surface area contributed by atoms with Gasteiger partial charge >= 0.3 is 11.9 Å². The Kier molecular flexibility index (Phi) is 8.55. The Morgan fingerprint density at radius 1 is 1.06 bits per heavy atom. The molecule has 1 amide bonds. The minimum absolute atomic E-state index is 0.118. The van der Waals surface area contributed by atoms with Gasteiger partial charge in [-0.15, -0.1) is 11.3 Å². The van der Waals surface area contributed by atoms with Crippen molar-refractivity contribution in [2.75, 3.05) is 18.5 Å². The van der Waals surface area contributed by atoms with Crippen LogP contribution in [0.25, 0.3) is 17.4 Å². The summed E-state index contributed by atoms with van der Waals surface area (Å²) in [7, 11) is 0. The SMILES string of the molecule is CCOC(=O)c1sc(NC(=O)C=Cc2ccc(-c3cccc(Cl)c3Cl)o2)c(C(=O)OCC)c1C. The van der Waals surface area contributed by atoms with Crippen LogP contribution in [0.5, 0.6) is 0 Å². The molecule has 0 bridgehead atoms. The van der Waals surface area contributed by atoms with E-state index in [2.05, 4.69) is 5.32 Å². The number of ether oxygens (including phenoxy) is 2. The number of benzene rings is 1. The van der Waals surface area contributed by atoms with E-state index >= 15 is 0 Å². The molecule has 0 saturated carbocycles. The van der Waals surface area contributed by atoms with Crippen molar-refractivity contribution >= 4 is 63.5 Å². The summed E-state index contributed by atoms with van der Waals surface area (Å²) < 4.78 is 15.9. The first-order valence-electron chi connectivity index (χ1n) is 10.3. The van der Waals surface area contributed by atoms with Crippen LogP contribution in [-0.4, -0.2) is 31.1 Å². The second-order valence-electron chi connectivity index (χ2n) is 6.83. The van der Waals surface area contributed by atoms with E-state index < -0.39 is 17.8 Å². The molecule has 1 aromatic carbocycles. The van der Waals surface area contributed by atoms with Gasteiger partial charge in [-0.1, -0.05) is 29.3 Å². The van der Waals surface area contributed by atoms with Crippen LogP contribution in [0, 0.1) is 6.92 Å². The lowest BCUT2D eigenvalue weighted by Crippen LogP contribution is -2.12. The first-order valence-corrected chi connectivity index (χ1v) is 11.8. The lowest BCUT2D eigenvalue weighted by molar-refractivity contribution is -0.111. The van der Waals surface area contributed by atoms with Crippen LogP contribution in [0.4, 0.5) is 5.00 Å². The molecule has 0 radical (unpaired) electrons. The van der Waals surface area contributed by atoms with Crippen LogP contribution in [0.3, 0.4) is 0 Å². The zero-order valence-electron chi connectivity index (χ0n) is 18.6. The zero-order valence-corrected chi connectivity index (χ0v) is 20.9. The minimum atomic E-state index is -0.639. The highest BCUT2D eigenvalue weighted by atomic mass is 35.5. The van der Waals surface area contributed by atoms with E-state index in [1.807, 2.05) is 0 Å². The summed E-state index contributed by atoms with van der Waals surface area (Å²) in [6, 6.07) is 8.58. The second kappa shape index (κ2) is 11.4. The predicted molar refractivity (Wildman–Crippen MR) is 133 cm³/mol. The van der Waals surface area contributed by atoms with E-state index in [0.29, 0.717) is 32.7 Å². The maximum atomic E-state index is 12.6. The maximum Gasteiger partial charge on any atom is 0.348 e. The Labute approximate surface area is 210 Å². The second-order valence-corrected chi connectivity index (χ2v) is 8.63. The fourth-order valence-corrected chi connectivity index (χ4v) is 4.52. The molecule has 10 heteroatoms. The number of rotatable bonds is 8. The van der Waals surface area contributed by atoms with Crippen molar-refractivity contribution in [3.8, 4) is 11.3 Å². The van der Waals surface area contributed by atoms with Crippen molar-refractivity contribution in [3.63, 3.8) is 0 Å². The summed E-state index contributed by atoms with van der Waals surface area (Å²) in [4.78, 5) is 37.5. The fourth-order valence-electron chi connectivity index (χ4n) is 3.03. The number of halogens is 2. The summed E-state index contributed by atoms with van der Waals surface area (Å²) in [5, 5.41) is 3.60. The molecule has 0 fully saturated rings. The number of hydrogen-bond donors (Lipinski definition) is 1. The summed E-state index contributed by atoms with van der Waals surface area (Å²) in [5.74, 6) is -0.845. The quantitative estimate of drug-likeness (QED) is 0.264. The lowest BCUT2D eigenvalue weighted by atomic mass is 10.1. The molecule has 2 heterocycles. The van der Waals surface area contributed by atoms with Gasteiger partial charge in [-0.3, -0.25) is 4.79 Å². The van der Waals surface area contributed by atoms with Gasteiger partial charge in [-0.2, -0.15) is 0 Å². The van der Waals surface area contributed by atoms with Crippen LogP contribution in [-0.2, 0) is 14.3 Å². The van der Waals surface area contributed by atoms with Gasteiger partial charge in [0.25, 0.3) is 0 Å². The van der Waals surface area contributed by atoms with Crippen LogP contribution in [0.2, 0.25) is 10.0 Å². The molecule has 0 aliphatic heterocycles. The first kappa shape index (κ1) is 25.6. The average Bonchev–Trinajstić information content (AvgIpc) is 3.39. The van der Waals surface area contributed by atoms with Crippen molar-refractivity contribution in [1.29, 1.82) is 0 Å². The van der Waals surface area contributed by atoms with Gasteiger partial charge in [0.15, 0.2) is 0 Å². The Bertz CT molecular complexity index is 1260. The highest BCUT2D eigenvalue weighted by molar-refractivity contribution is 7.18. The largest absolute Gasteiger partial charge is 0.462 e. The molecule has 34 heavy (non-hydrogen) atoms. The number of furan rings is 1. The average molecular weight is 522 g/mol. The number of carbonyl (C=O) groups excluding carboxylic acids is 3. The Morgan fingerprint density at radius 2 is 1.76 bits per heavy atom. The normalized spacial score (nSPS) is 11.0. The summed E-state index contributed by atoms with van der Waals surface area (Å²) in [6.07, 6.45) is 2.71. The van der Waals surface area contributed by atoms with Gasteiger partial charge in [0, 0.05) is 11.6 Å². The fraction of sp³-hybridized carbons (Fsp3) is 0.208. The third kappa shape index (κ3) is 5.70. The van der Waals surface area contributed by atoms with Gasteiger partial charge < -0.3 is 19.2 Å². The number of anilines is 1. The Balaban J connectivity index is 1.81. The summed E-state index contributed by atoms with van der Waals surface area (Å²) in [6.45, 7) is 5.28. The van der Waals surface area contributed by atoms with E-state index in [1.165, 1.54) is 12.2 Å². The number of amides is 1. The molecular weight excluding hydrogens is 501 g/mol. The van der Waals surface area contributed by atoms with Crippen molar-refractivity contribution < 1.29 is 28.3 Å². The lowest BCUT2D eigenvalue weighted by Gasteiger charge is -2.05. The monoisotopic (exact) mass is 521 g/mol. The molecule has 0 spiro atoms. The Morgan fingerprint density at radius 3 is 2.47 bits per heavy atom. The zero-order chi connectivity index (χ0) is 24.8. The third-order valence-electron chi connectivity index (χ3n) is 4.57. The van der Waals surface area contributed by atoms with Crippen molar-refractivity contribution in [3.05, 3.63) is 68.2 Å². The van der Waals surface area contributed by atoms with Gasteiger partial charge in [-0.25, -0.2) is 9.59 Å². The highest BCUT2D eigenvalue weighted by Gasteiger charge is 2.27. The van der Waals surface area contributed by atoms with Crippen LogP contribution >= 0.6 is 34.5 Å². The van der Waals surface area contributed by atoms with Crippen LogP contribution in [0.15, 0.2) is 40.8 Å². The van der Waals surface area contributed by atoms with E-state index in [1.54, 1.807) is 51.1 Å². The molecule has 2 aromatic heterocycles. The molecule has 0 atom stereocenters. The number of hydrogen-bond acceptors (Lipinski definition) is 7. The molecule has 0 saturated heterocycles. The topological polar surface area (TPSA) is 94.8 Å². The summed E-state index contributed by atoms with van der Waals surface area (Å²) >= 11 is 13.2. The molecule has 0 aliphatic carbocycles. The Hall–Kier alpha value is -3.07. The standard InChI is InChI=1S/C24H21Cl2NO6S/c1-4-31-23(29)19-13(3)21(24(30)32-5-2)34-22(19)27-18(28)12-10-14-9-11-17(33-14)15-7-6-8-16(25)20(15)26/h6-12H,4-5H2,1-3H3,(H,27,28). The van der Waals surface area contributed by atoms with Gasteiger partial charge in [-0.05, 0) is 56.7 Å². The number of esters is 2. The number of thiophene rings is 1. The van der Waals surface area contributed by atoms with Gasteiger partial charge in [0.2, 0.25) is 5.91 Å².